The van der Waals surface area contributed by atoms with Gasteiger partial charge in [0.05, 0.1) is 15.7 Å². The molecule has 1 unspecified atom stereocenters. The molecule has 0 radical (unpaired) electrons. The van der Waals surface area contributed by atoms with Crippen molar-refractivity contribution in [3.63, 3.8) is 0 Å². The zero-order valence-electron chi connectivity index (χ0n) is 14.3. The highest BCUT2D eigenvalue weighted by Crippen LogP contribution is 2.30. The molecular weight excluding hydrogens is 373 g/mol. The van der Waals surface area contributed by atoms with Gasteiger partial charge in [-0.2, -0.15) is 0 Å². The number of piperidine rings is 1. The first kappa shape index (κ1) is 18.7. The number of nitrogens with zero attached hydrogens (tertiary/aromatic N) is 2. The van der Waals surface area contributed by atoms with Gasteiger partial charge < -0.3 is 10.2 Å². The van der Waals surface area contributed by atoms with Crippen LogP contribution in [0.25, 0.3) is 0 Å². The Kier molecular flexibility index (Phi) is 5.79. The van der Waals surface area contributed by atoms with E-state index in [0.29, 0.717) is 28.2 Å². The molecule has 136 valence electrons. The minimum atomic E-state index is -0.471. The molecule has 0 spiro atoms. The Morgan fingerprint density at radius 1 is 1.12 bits per heavy atom. The summed E-state index contributed by atoms with van der Waals surface area (Å²) in [6.45, 7) is 3.56. The van der Waals surface area contributed by atoms with E-state index >= 15 is 0 Å². The highest BCUT2D eigenvalue weighted by atomic mass is 35.5. The SMILES string of the molecule is CC1CCCN(C(=O)c2cccc(C(=O)Nc3c(Cl)cccc3Cl)n2)C1. The lowest BCUT2D eigenvalue weighted by molar-refractivity contribution is 0.0677. The van der Waals surface area contributed by atoms with E-state index in [0.717, 1.165) is 19.4 Å². The van der Waals surface area contributed by atoms with Crippen LogP contribution in [0.3, 0.4) is 0 Å². The topological polar surface area (TPSA) is 62.3 Å². The van der Waals surface area contributed by atoms with Crippen molar-refractivity contribution in [2.24, 2.45) is 5.92 Å². The van der Waals surface area contributed by atoms with Crippen molar-refractivity contribution in [2.75, 3.05) is 18.4 Å². The number of likely N-dealkylation sites (tertiary alicyclic amines) is 1. The summed E-state index contributed by atoms with van der Waals surface area (Å²) in [5, 5.41) is 3.32. The van der Waals surface area contributed by atoms with E-state index in [9.17, 15) is 9.59 Å². The van der Waals surface area contributed by atoms with Crippen LogP contribution in [-0.2, 0) is 0 Å². The lowest BCUT2D eigenvalue weighted by Crippen LogP contribution is -2.39. The largest absolute Gasteiger partial charge is 0.337 e. The van der Waals surface area contributed by atoms with Crippen LogP contribution in [0.1, 0.15) is 40.7 Å². The minimum absolute atomic E-state index is 0.136. The fraction of sp³-hybridized carbons (Fsp3) is 0.316. The summed E-state index contributed by atoms with van der Waals surface area (Å²) in [6, 6.07) is 9.78. The molecule has 26 heavy (non-hydrogen) atoms. The Balaban J connectivity index is 1.78. The number of aromatic nitrogens is 1. The molecule has 1 aromatic carbocycles. The number of amides is 2. The highest BCUT2D eigenvalue weighted by Gasteiger charge is 2.23. The third kappa shape index (κ3) is 4.17. The summed E-state index contributed by atoms with van der Waals surface area (Å²) >= 11 is 12.2. The molecule has 7 heteroatoms. The number of pyridine rings is 1. The van der Waals surface area contributed by atoms with E-state index < -0.39 is 5.91 Å². The van der Waals surface area contributed by atoms with Crippen LogP contribution in [0.15, 0.2) is 36.4 Å². The number of anilines is 1. The van der Waals surface area contributed by atoms with E-state index in [-0.39, 0.29) is 17.3 Å². The zero-order valence-corrected chi connectivity index (χ0v) is 15.8. The van der Waals surface area contributed by atoms with Crippen molar-refractivity contribution in [1.29, 1.82) is 0 Å². The zero-order chi connectivity index (χ0) is 18.7. The third-order valence-corrected chi connectivity index (χ3v) is 4.98. The lowest BCUT2D eigenvalue weighted by Gasteiger charge is -2.30. The quantitative estimate of drug-likeness (QED) is 0.836. The van der Waals surface area contributed by atoms with Gasteiger partial charge in [0.25, 0.3) is 11.8 Å². The van der Waals surface area contributed by atoms with Gasteiger partial charge in [0, 0.05) is 13.1 Å². The van der Waals surface area contributed by atoms with E-state index in [1.165, 1.54) is 0 Å². The Bertz CT molecular complexity index is 821. The molecule has 5 nitrogen and oxygen atoms in total. The number of para-hydroxylation sites is 1. The summed E-state index contributed by atoms with van der Waals surface area (Å²) < 4.78 is 0. The molecule has 0 aliphatic carbocycles. The average molecular weight is 392 g/mol. The van der Waals surface area contributed by atoms with Gasteiger partial charge in [-0.1, -0.05) is 42.3 Å². The first-order valence-corrected chi connectivity index (χ1v) is 9.23. The van der Waals surface area contributed by atoms with Gasteiger partial charge in [-0.05, 0) is 43.0 Å². The molecule has 1 atom stereocenters. The van der Waals surface area contributed by atoms with Crippen LogP contribution in [0.5, 0.6) is 0 Å². The monoisotopic (exact) mass is 391 g/mol. The number of hydrogen-bond acceptors (Lipinski definition) is 3. The molecule has 1 saturated heterocycles. The Labute approximate surface area is 162 Å². The molecule has 2 aromatic rings. The van der Waals surface area contributed by atoms with Gasteiger partial charge in [-0.25, -0.2) is 4.98 Å². The van der Waals surface area contributed by atoms with Crippen LogP contribution in [0, 0.1) is 5.92 Å². The van der Waals surface area contributed by atoms with E-state index in [1.54, 1.807) is 41.3 Å². The Morgan fingerprint density at radius 3 is 2.46 bits per heavy atom. The molecule has 0 saturated carbocycles. The second kappa shape index (κ2) is 8.06. The standard InChI is InChI=1S/C19H19Cl2N3O2/c1-12-5-4-10-24(11-12)19(26)16-9-3-8-15(22-16)18(25)23-17-13(20)6-2-7-14(17)21/h2-3,6-9,12H,4-5,10-11H2,1H3,(H,23,25). The molecule has 1 aliphatic heterocycles. The molecule has 1 aromatic heterocycles. The Hall–Kier alpha value is -2.11. The van der Waals surface area contributed by atoms with Gasteiger partial charge in [0.15, 0.2) is 0 Å². The maximum atomic E-state index is 12.7. The molecule has 1 N–H and O–H groups in total. The number of halogens is 2. The second-order valence-corrected chi connectivity index (χ2v) is 7.27. The van der Waals surface area contributed by atoms with E-state index in [1.807, 2.05) is 0 Å². The summed E-state index contributed by atoms with van der Waals surface area (Å²) in [6.07, 6.45) is 2.11. The molecule has 3 rings (SSSR count). The molecule has 2 amide bonds. The predicted octanol–water partition coefficient (Wildman–Crippen LogP) is 4.51. The third-order valence-electron chi connectivity index (χ3n) is 4.35. The van der Waals surface area contributed by atoms with Gasteiger partial charge >= 0.3 is 0 Å². The molecule has 0 bridgehead atoms. The number of rotatable bonds is 3. The number of carbonyl (C=O) groups is 2. The van der Waals surface area contributed by atoms with Crippen LogP contribution in [0.2, 0.25) is 10.0 Å². The normalized spacial score (nSPS) is 17.0. The highest BCUT2D eigenvalue weighted by molar-refractivity contribution is 6.40. The number of benzene rings is 1. The van der Waals surface area contributed by atoms with Crippen LogP contribution >= 0.6 is 23.2 Å². The van der Waals surface area contributed by atoms with Gasteiger partial charge in [-0.15, -0.1) is 0 Å². The first-order valence-electron chi connectivity index (χ1n) is 8.47. The van der Waals surface area contributed by atoms with Crippen molar-refractivity contribution >= 4 is 40.7 Å². The fourth-order valence-electron chi connectivity index (χ4n) is 3.01. The molecule has 1 fully saturated rings. The van der Waals surface area contributed by atoms with Crippen molar-refractivity contribution in [3.8, 4) is 0 Å². The van der Waals surface area contributed by atoms with E-state index in [4.69, 9.17) is 23.2 Å². The summed E-state index contributed by atoms with van der Waals surface area (Å²) in [5.41, 5.74) is 0.720. The van der Waals surface area contributed by atoms with Crippen LogP contribution < -0.4 is 5.32 Å². The summed E-state index contributed by atoms with van der Waals surface area (Å²) in [5.74, 6) is -0.148. The minimum Gasteiger partial charge on any atom is -0.337 e. The number of carbonyl (C=O) groups excluding carboxylic acids is 2. The van der Waals surface area contributed by atoms with Gasteiger partial charge in [-0.3, -0.25) is 9.59 Å². The first-order chi connectivity index (χ1) is 12.5. The van der Waals surface area contributed by atoms with Crippen molar-refractivity contribution in [1.82, 2.24) is 9.88 Å². The maximum Gasteiger partial charge on any atom is 0.274 e. The van der Waals surface area contributed by atoms with Crippen LogP contribution in [0.4, 0.5) is 5.69 Å². The number of nitrogens with one attached hydrogen (secondary N) is 1. The van der Waals surface area contributed by atoms with Crippen molar-refractivity contribution in [3.05, 3.63) is 57.8 Å². The molecule has 2 heterocycles. The van der Waals surface area contributed by atoms with E-state index in [2.05, 4.69) is 17.2 Å². The summed E-state index contributed by atoms with van der Waals surface area (Å²) in [4.78, 5) is 31.2. The smallest absolute Gasteiger partial charge is 0.274 e. The second-order valence-electron chi connectivity index (χ2n) is 6.46. The predicted molar refractivity (Wildman–Crippen MR) is 103 cm³/mol. The number of hydrogen-bond donors (Lipinski definition) is 1. The average Bonchev–Trinajstić information content (AvgIpc) is 2.64. The van der Waals surface area contributed by atoms with Crippen molar-refractivity contribution < 1.29 is 9.59 Å². The fourth-order valence-corrected chi connectivity index (χ4v) is 3.50. The maximum absolute atomic E-state index is 12.7. The Morgan fingerprint density at radius 2 is 1.77 bits per heavy atom. The van der Waals surface area contributed by atoms with Crippen molar-refractivity contribution in [2.45, 2.75) is 19.8 Å². The molecule has 1 aliphatic rings. The van der Waals surface area contributed by atoms with Gasteiger partial charge in [0.1, 0.15) is 11.4 Å². The van der Waals surface area contributed by atoms with Gasteiger partial charge in [0.2, 0.25) is 0 Å². The molecular formula is C19H19Cl2N3O2. The summed E-state index contributed by atoms with van der Waals surface area (Å²) in [7, 11) is 0. The van der Waals surface area contributed by atoms with Crippen LogP contribution in [-0.4, -0.2) is 34.8 Å². The lowest BCUT2D eigenvalue weighted by atomic mass is 10.00.